The Bertz CT molecular complexity index is 1340. The molecule has 0 unspecified atom stereocenters. The predicted octanol–water partition coefficient (Wildman–Crippen LogP) is 6.33. The van der Waals surface area contributed by atoms with Crippen LogP contribution in [-0.2, 0) is 6.54 Å². The first-order valence-electron chi connectivity index (χ1n) is 12.7. The van der Waals surface area contributed by atoms with Gasteiger partial charge in [-0.15, -0.1) is 0 Å². The molecule has 2 aromatic carbocycles. The highest BCUT2D eigenvalue weighted by atomic mass is 35.5. The zero-order valence-corrected chi connectivity index (χ0v) is 22.5. The number of H-pyrrole nitrogens is 1. The lowest BCUT2D eigenvalue weighted by atomic mass is 9.79. The summed E-state index contributed by atoms with van der Waals surface area (Å²) in [6, 6.07) is 18.5. The van der Waals surface area contributed by atoms with Gasteiger partial charge in [-0.3, -0.25) is 5.10 Å². The third-order valence-electron chi connectivity index (χ3n) is 6.71. The molecule has 1 fully saturated rings. The van der Waals surface area contributed by atoms with Gasteiger partial charge in [-0.25, -0.2) is 9.97 Å². The number of anilines is 2. The van der Waals surface area contributed by atoms with Crippen molar-refractivity contribution in [2.75, 3.05) is 5.32 Å². The van der Waals surface area contributed by atoms with Crippen LogP contribution in [0.15, 0.2) is 67.0 Å². The first kappa shape index (κ1) is 25.4. The van der Waals surface area contributed by atoms with Gasteiger partial charge >= 0.3 is 0 Å². The van der Waals surface area contributed by atoms with E-state index in [0.29, 0.717) is 17.0 Å². The lowest BCUT2D eigenvalue weighted by molar-refractivity contribution is 0.145. The van der Waals surface area contributed by atoms with Gasteiger partial charge < -0.3 is 16.0 Å². The zero-order valence-electron chi connectivity index (χ0n) is 21.8. The summed E-state index contributed by atoms with van der Waals surface area (Å²) >= 11 is 6.42. The minimum atomic E-state index is 0.131. The zero-order chi connectivity index (χ0) is 26.0. The Hall–Kier alpha value is -3.26. The normalized spacial score (nSPS) is 17.0. The van der Waals surface area contributed by atoms with Gasteiger partial charge in [0.1, 0.15) is 0 Å². The summed E-state index contributed by atoms with van der Waals surface area (Å²) in [5.41, 5.74) is 5.77. The molecular formula is C29H34ClN7. The molecule has 8 heteroatoms. The van der Waals surface area contributed by atoms with Gasteiger partial charge in [0.2, 0.25) is 5.95 Å². The Balaban J connectivity index is 1.25. The van der Waals surface area contributed by atoms with Crippen LogP contribution < -0.4 is 16.0 Å². The molecule has 5 rings (SSSR count). The third kappa shape index (κ3) is 6.18. The standard InChI is InChI=1S/C29H34ClN7/c1-28(2)15-21(16-29(3,4)37-28)32-17-19-9-11-20(12-10-19)34-27-31-14-13-25(35-27)23-18-33-36-26(23)22-7-5-6-8-24(22)30/h5-14,18,21,32,37H,15-17H2,1-4H3,(H,33,36)(H,31,34,35). The minimum absolute atomic E-state index is 0.131. The van der Waals surface area contributed by atoms with Crippen LogP contribution in [0.5, 0.6) is 0 Å². The summed E-state index contributed by atoms with van der Waals surface area (Å²) in [6.45, 7) is 9.97. The van der Waals surface area contributed by atoms with E-state index in [1.807, 2.05) is 30.3 Å². The number of benzene rings is 2. The van der Waals surface area contributed by atoms with Crippen molar-refractivity contribution in [1.82, 2.24) is 30.8 Å². The first-order chi connectivity index (χ1) is 17.7. The largest absolute Gasteiger partial charge is 0.324 e. The van der Waals surface area contributed by atoms with E-state index < -0.39 is 0 Å². The van der Waals surface area contributed by atoms with Gasteiger partial charge in [0.25, 0.3) is 0 Å². The maximum atomic E-state index is 6.42. The molecule has 4 aromatic rings. The van der Waals surface area contributed by atoms with Crippen LogP contribution in [0.1, 0.15) is 46.1 Å². The molecule has 0 spiro atoms. The SMILES string of the molecule is CC1(C)CC(NCc2ccc(Nc3nccc(-c4cn[nH]c4-c4ccccc4Cl)n3)cc2)CC(C)(C)N1. The first-order valence-corrected chi connectivity index (χ1v) is 13.1. The fourth-order valence-electron chi connectivity index (χ4n) is 5.48. The smallest absolute Gasteiger partial charge is 0.227 e. The fourth-order valence-corrected chi connectivity index (χ4v) is 5.71. The molecular weight excluding hydrogens is 482 g/mol. The average molecular weight is 516 g/mol. The molecule has 0 amide bonds. The molecule has 3 heterocycles. The van der Waals surface area contributed by atoms with Crippen LogP contribution in [0.25, 0.3) is 22.5 Å². The molecule has 0 saturated carbocycles. The van der Waals surface area contributed by atoms with Crippen molar-refractivity contribution < 1.29 is 0 Å². The molecule has 2 aromatic heterocycles. The Kier molecular flexibility index (Phi) is 7.03. The Morgan fingerprint density at radius 1 is 0.946 bits per heavy atom. The number of nitrogens with zero attached hydrogens (tertiary/aromatic N) is 3. The van der Waals surface area contributed by atoms with Crippen molar-refractivity contribution in [3.05, 3.63) is 77.6 Å². The topological polar surface area (TPSA) is 90.5 Å². The van der Waals surface area contributed by atoms with E-state index in [1.165, 1.54) is 5.56 Å². The number of aromatic amines is 1. The van der Waals surface area contributed by atoms with Crippen LogP contribution in [-0.4, -0.2) is 37.3 Å². The molecule has 192 valence electrons. The summed E-state index contributed by atoms with van der Waals surface area (Å²) in [5.74, 6) is 0.522. The minimum Gasteiger partial charge on any atom is -0.324 e. The molecule has 7 nitrogen and oxygen atoms in total. The number of nitrogens with one attached hydrogen (secondary N) is 4. The molecule has 1 aliphatic heterocycles. The lowest BCUT2D eigenvalue weighted by Gasteiger charge is -2.46. The van der Waals surface area contributed by atoms with Crippen molar-refractivity contribution >= 4 is 23.2 Å². The summed E-state index contributed by atoms with van der Waals surface area (Å²) in [5, 5.41) is 18.8. The van der Waals surface area contributed by atoms with E-state index in [-0.39, 0.29) is 11.1 Å². The third-order valence-corrected chi connectivity index (χ3v) is 7.04. The van der Waals surface area contributed by atoms with Crippen LogP contribution in [0.2, 0.25) is 5.02 Å². The number of hydrogen-bond donors (Lipinski definition) is 4. The van der Waals surface area contributed by atoms with Crippen molar-refractivity contribution in [2.45, 2.75) is 64.2 Å². The van der Waals surface area contributed by atoms with Gasteiger partial charge in [0.05, 0.1) is 17.6 Å². The highest BCUT2D eigenvalue weighted by molar-refractivity contribution is 6.33. The van der Waals surface area contributed by atoms with Crippen LogP contribution in [0, 0.1) is 0 Å². The van der Waals surface area contributed by atoms with Crippen molar-refractivity contribution in [2.24, 2.45) is 0 Å². The summed E-state index contributed by atoms with van der Waals surface area (Å²) < 4.78 is 0. The summed E-state index contributed by atoms with van der Waals surface area (Å²) in [7, 11) is 0. The van der Waals surface area contributed by atoms with Crippen LogP contribution in [0.3, 0.4) is 0 Å². The van der Waals surface area contributed by atoms with Gasteiger partial charge in [0.15, 0.2) is 0 Å². The number of piperidine rings is 1. The van der Waals surface area contributed by atoms with E-state index in [1.54, 1.807) is 12.4 Å². The summed E-state index contributed by atoms with van der Waals surface area (Å²) in [4.78, 5) is 9.14. The van der Waals surface area contributed by atoms with Crippen molar-refractivity contribution in [3.63, 3.8) is 0 Å². The van der Waals surface area contributed by atoms with E-state index in [9.17, 15) is 0 Å². The quantitative estimate of drug-likeness (QED) is 0.230. The van der Waals surface area contributed by atoms with Crippen molar-refractivity contribution in [3.8, 4) is 22.5 Å². The molecule has 0 bridgehead atoms. The molecule has 37 heavy (non-hydrogen) atoms. The van der Waals surface area contributed by atoms with Crippen LogP contribution in [0.4, 0.5) is 11.6 Å². The number of aromatic nitrogens is 4. The van der Waals surface area contributed by atoms with Crippen LogP contribution >= 0.6 is 11.6 Å². The average Bonchev–Trinajstić information content (AvgIpc) is 3.32. The molecule has 0 radical (unpaired) electrons. The molecule has 0 atom stereocenters. The predicted molar refractivity (Wildman–Crippen MR) is 151 cm³/mol. The van der Waals surface area contributed by atoms with Crippen molar-refractivity contribution in [1.29, 1.82) is 0 Å². The van der Waals surface area contributed by atoms with Gasteiger partial charge in [-0.05, 0) is 70.4 Å². The van der Waals surface area contributed by atoms with Gasteiger partial charge in [0, 0.05) is 51.7 Å². The monoisotopic (exact) mass is 515 g/mol. The number of rotatable bonds is 7. The Morgan fingerprint density at radius 3 is 2.41 bits per heavy atom. The lowest BCUT2D eigenvalue weighted by Crippen LogP contribution is -2.61. The van der Waals surface area contributed by atoms with E-state index in [2.05, 4.69) is 83.1 Å². The van der Waals surface area contributed by atoms with E-state index in [0.717, 1.165) is 47.6 Å². The number of hydrogen-bond acceptors (Lipinski definition) is 6. The molecule has 1 aliphatic rings. The maximum Gasteiger partial charge on any atom is 0.227 e. The maximum absolute atomic E-state index is 6.42. The highest BCUT2D eigenvalue weighted by Gasteiger charge is 2.37. The Morgan fingerprint density at radius 2 is 1.68 bits per heavy atom. The second-order valence-electron chi connectivity index (χ2n) is 11.1. The highest BCUT2D eigenvalue weighted by Crippen LogP contribution is 2.34. The fraction of sp³-hybridized carbons (Fsp3) is 0.345. The van der Waals surface area contributed by atoms with Gasteiger partial charge in [-0.2, -0.15) is 5.10 Å². The summed E-state index contributed by atoms with van der Waals surface area (Å²) in [6.07, 6.45) is 5.72. The number of halogens is 1. The molecule has 1 saturated heterocycles. The molecule has 4 N–H and O–H groups in total. The molecule has 0 aliphatic carbocycles. The van der Waals surface area contributed by atoms with E-state index >= 15 is 0 Å². The van der Waals surface area contributed by atoms with E-state index in [4.69, 9.17) is 16.6 Å². The second-order valence-corrected chi connectivity index (χ2v) is 11.5. The van der Waals surface area contributed by atoms with Gasteiger partial charge in [-0.1, -0.05) is 41.9 Å². The second kappa shape index (κ2) is 10.2. The Labute approximate surface area is 223 Å².